The van der Waals surface area contributed by atoms with Crippen molar-refractivity contribution in [2.24, 2.45) is 0 Å². The lowest BCUT2D eigenvalue weighted by Crippen LogP contribution is -2.13. The zero-order valence-corrected chi connectivity index (χ0v) is 9.34. The Morgan fingerprint density at radius 2 is 2.00 bits per heavy atom. The van der Waals surface area contributed by atoms with E-state index < -0.39 is 6.09 Å². The van der Waals surface area contributed by atoms with Crippen LogP contribution in [-0.2, 0) is 4.74 Å². The molecular formula is C10H15ClN2O2. The smallest absolute Gasteiger partial charge is 0.411 e. The highest BCUT2D eigenvalue weighted by molar-refractivity contribution is 5.85. The van der Waals surface area contributed by atoms with Crippen LogP contribution in [0.25, 0.3) is 0 Å². The summed E-state index contributed by atoms with van der Waals surface area (Å²) in [6.45, 7) is 2.37. The SMILES string of the molecule is CCCOC(=O)Nc1ccc(N)cc1.Cl. The van der Waals surface area contributed by atoms with Crippen LogP contribution in [0.1, 0.15) is 13.3 Å². The van der Waals surface area contributed by atoms with Gasteiger partial charge < -0.3 is 10.5 Å². The van der Waals surface area contributed by atoms with Crippen LogP contribution in [0.3, 0.4) is 0 Å². The molecule has 1 aromatic carbocycles. The summed E-state index contributed by atoms with van der Waals surface area (Å²) in [5.74, 6) is 0. The van der Waals surface area contributed by atoms with Crippen molar-refractivity contribution >= 4 is 29.9 Å². The van der Waals surface area contributed by atoms with Crippen molar-refractivity contribution in [3.05, 3.63) is 24.3 Å². The Hall–Kier alpha value is -1.42. The van der Waals surface area contributed by atoms with Crippen molar-refractivity contribution in [2.75, 3.05) is 17.7 Å². The fourth-order valence-electron chi connectivity index (χ4n) is 0.915. The fraction of sp³-hybridized carbons (Fsp3) is 0.300. The van der Waals surface area contributed by atoms with Gasteiger partial charge >= 0.3 is 6.09 Å². The monoisotopic (exact) mass is 230 g/mol. The van der Waals surface area contributed by atoms with E-state index in [0.29, 0.717) is 18.0 Å². The van der Waals surface area contributed by atoms with E-state index in [1.54, 1.807) is 24.3 Å². The molecule has 15 heavy (non-hydrogen) atoms. The molecule has 0 saturated heterocycles. The van der Waals surface area contributed by atoms with Crippen LogP contribution in [0, 0.1) is 0 Å². The zero-order chi connectivity index (χ0) is 10.4. The molecule has 3 N–H and O–H groups in total. The van der Waals surface area contributed by atoms with Gasteiger partial charge in [-0.25, -0.2) is 4.79 Å². The Bertz CT molecular complexity index is 301. The molecule has 0 aromatic heterocycles. The van der Waals surface area contributed by atoms with Crippen LogP contribution in [0.4, 0.5) is 16.2 Å². The topological polar surface area (TPSA) is 64.3 Å². The van der Waals surface area contributed by atoms with Crippen molar-refractivity contribution in [1.82, 2.24) is 0 Å². The molecule has 0 bridgehead atoms. The van der Waals surface area contributed by atoms with E-state index in [4.69, 9.17) is 10.5 Å². The second-order valence-electron chi connectivity index (χ2n) is 2.88. The van der Waals surface area contributed by atoms with Crippen molar-refractivity contribution in [3.63, 3.8) is 0 Å². The van der Waals surface area contributed by atoms with Crippen LogP contribution in [0.15, 0.2) is 24.3 Å². The minimum absolute atomic E-state index is 0. The first kappa shape index (κ1) is 13.6. The second kappa shape index (κ2) is 6.95. The predicted octanol–water partition coefficient (Wildman–Crippen LogP) is 2.65. The summed E-state index contributed by atoms with van der Waals surface area (Å²) in [5.41, 5.74) is 6.84. The average molecular weight is 231 g/mol. The van der Waals surface area contributed by atoms with Crippen LogP contribution in [-0.4, -0.2) is 12.7 Å². The lowest BCUT2D eigenvalue weighted by Gasteiger charge is -2.05. The molecule has 0 spiro atoms. The highest BCUT2D eigenvalue weighted by Crippen LogP contribution is 2.10. The Labute approximate surface area is 95.2 Å². The molecule has 4 nitrogen and oxygen atoms in total. The van der Waals surface area contributed by atoms with Gasteiger partial charge in [0.05, 0.1) is 6.61 Å². The number of rotatable bonds is 3. The number of ether oxygens (including phenoxy) is 1. The fourth-order valence-corrected chi connectivity index (χ4v) is 0.915. The Balaban J connectivity index is 0.00000196. The van der Waals surface area contributed by atoms with Crippen molar-refractivity contribution in [1.29, 1.82) is 0 Å². The normalized spacial score (nSPS) is 8.87. The number of carbonyl (C=O) groups excluding carboxylic acids is 1. The van der Waals surface area contributed by atoms with Crippen LogP contribution in [0.5, 0.6) is 0 Å². The van der Waals surface area contributed by atoms with Gasteiger partial charge in [0.25, 0.3) is 0 Å². The molecule has 1 amide bonds. The van der Waals surface area contributed by atoms with Gasteiger partial charge in [-0.05, 0) is 30.7 Å². The highest BCUT2D eigenvalue weighted by Gasteiger charge is 2.00. The number of halogens is 1. The van der Waals surface area contributed by atoms with Gasteiger partial charge in [0.15, 0.2) is 0 Å². The lowest BCUT2D eigenvalue weighted by molar-refractivity contribution is 0.161. The number of benzene rings is 1. The summed E-state index contributed by atoms with van der Waals surface area (Å²) >= 11 is 0. The molecule has 0 fully saturated rings. The van der Waals surface area contributed by atoms with Gasteiger partial charge in [0.2, 0.25) is 0 Å². The second-order valence-corrected chi connectivity index (χ2v) is 2.88. The van der Waals surface area contributed by atoms with Gasteiger partial charge in [0.1, 0.15) is 0 Å². The van der Waals surface area contributed by atoms with E-state index in [1.165, 1.54) is 0 Å². The quantitative estimate of drug-likeness (QED) is 0.785. The number of nitrogens with one attached hydrogen (secondary N) is 1. The van der Waals surface area contributed by atoms with E-state index in [1.807, 2.05) is 6.92 Å². The summed E-state index contributed by atoms with van der Waals surface area (Å²) in [7, 11) is 0. The summed E-state index contributed by atoms with van der Waals surface area (Å²) in [6, 6.07) is 6.88. The van der Waals surface area contributed by atoms with E-state index >= 15 is 0 Å². The average Bonchev–Trinajstić information content (AvgIpc) is 2.18. The van der Waals surface area contributed by atoms with Crippen molar-refractivity contribution in [3.8, 4) is 0 Å². The maximum atomic E-state index is 11.1. The van der Waals surface area contributed by atoms with Crippen molar-refractivity contribution < 1.29 is 9.53 Å². The molecule has 1 rings (SSSR count). The van der Waals surface area contributed by atoms with E-state index in [9.17, 15) is 4.79 Å². The first-order valence-electron chi connectivity index (χ1n) is 4.51. The molecule has 0 heterocycles. The summed E-state index contributed by atoms with van der Waals surface area (Å²) in [5, 5.41) is 2.59. The number of nitrogens with two attached hydrogens (primary N) is 1. The molecule has 0 radical (unpaired) electrons. The number of hydrogen-bond acceptors (Lipinski definition) is 3. The molecule has 1 aromatic rings. The molecule has 5 heteroatoms. The molecule has 0 aliphatic rings. The first-order chi connectivity index (χ1) is 6.72. The first-order valence-corrected chi connectivity index (χ1v) is 4.51. The summed E-state index contributed by atoms with van der Waals surface area (Å²) < 4.78 is 4.84. The summed E-state index contributed by atoms with van der Waals surface area (Å²) in [6.07, 6.45) is 0.381. The number of hydrogen-bond donors (Lipinski definition) is 2. The van der Waals surface area contributed by atoms with Gasteiger partial charge in [-0.15, -0.1) is 12.4 Å². The maximum absolute atomic E-state index is 11.1. The third-order valence-electron chi connectivity index (χ3n) is 1.59. The summed E-state index contributed by atoms with van der Waals surface area (Å²) in [4.78, 5) is 11.1. The third kappa shape index (κ3) is 5.12. The zero-order valence-electron chi connectivity index (χ0n) is 8.53. The van der Waals surface area contributed by atoms with Gasteiger partial charge in [-0.2, -0.15) is 0 Å². The third-order valence-corrected chi connectivity index (χ3v) is 1.59. The minimum Gasteiger partial charge on any atom is -0.449 e. The molecule has 0 unspecified atom stereocenters. The highest BCUT2D eigenvalue weighted by atomic mass is 35.5. The minimum atomic E-state index is -0.434. The molecule has 0 atom stereocenters. The Morgan fingerprint density at radius 3 is 2.53 bits per heavy atom. The van der Waals surface area contributed by atoms with E-state index in [0.717, 1.165) is 6.42 Å². The number of nitrogen functional groups attached to an aromatic ring is 1. The van der Waals surface area contributed by atoms with Gasteiger partial charge in [0, 0.05) is 11.4 Å². The van der Waals surface area contributed by atoms with E-state index in [-0.39, 0.29) is 12.4 Å². The van der Waals surface area contributed by atoms with Crippen LogP contribution in [0.2, 0.25) is 0 Å². The maximum Gasteiger partial charge on any atom is 0.411 e. The Morgan fingerprint density at radius 1 is 1.40 bits per heavy atom. The van der Waals surface area contributed by atoms with Crippen LogP contribution >= 0.6 is 12.4 Å². The lowest BCUT2D eigenvalue weighted by atomic mass is 10.3. The van der Waals surface area contributed by atoms with Gasteiger partial charge in [-0.1, -0.05) is 6.92 Å². The molecule has 84 valence electrons. The molecule has 0 aliphatic heterocycles. The van der Waals surface area contributed by atoms with Crippen molar-refractivity contribution in [2.45, 2.75) is 13.3 Å². The predicted molar refractivity (Wildman–Crippen MR) is 63.4 cm³/mol. The van der Waals surface area contributed by atoms with Crippen LogP contribution < -0.4 is 11.1 Å². The molecule has 0 saturated carbocycles. The van der Waals surface area contributed by atoms with E-state index in [2.05, 4.69) is 5.32 Å². The Kier molecular flexibility index (Phi) is 6.29. The number of amides is 1. The largest absolute Gasteiger partial charge is 0.449 e. The molecular weight excluding hydrogens is 216 g/mol. The standard InChI is InChI=1S/C10H14N2O2.ClH/c1-2-7-14-10(13)12-9-5-3-8(11)4-6-9;/h3-6H,2,7,11H2,1H3,(H,12,13);1H. The number of anilines is 2. The molecule has 0 aliphatic carbocycles. The number of carbonyl (C=O) groups is 1. The van der Waals surface area contributed by atoms with Gasteiger partial charge in [-0.3, -0.25) is 5.32 Å².